The maximum absolute atomic E-state index is 11.9. The summed E-state index contributed by atoms with van der Waals surface area (Å²) >= 11 is 0. The molecule has 0 N–H and O–H groups in total. The van der Waals surface area contributed by atoms with Crippen LogP contribution < -0.4 is 0 Å². The van der Waals surface area contributed by atoms with Crippen molar-refractivity contribution in [2.75, 3.05) is 0 Å². The van der Waals surface area contributed by atoms with Gasteiger partial charge in [0.25, 0.3) is 0 Å². The molecule has 5 aliphatic rings. The first-order valence-electron chi connectivity index (χ1n) is 5.38. The second kappa shape index (κ2) is 1.32. The number of fused-ring (bicyclic) bond motifs is 2. The van der Waals surface area contributed by atoms with Gasteiger partial charge >= 0.3 is 0 Å². The highest BCUT2D eigenvalue weighted by Gasteiger charge is 2.84. The summed E-state index contributed by atoms with van der Waals surface area (Å²) in [5.74, 6) is 4.49. The second-order valence-electron chi connectivity index (χ2n) is 5.63. The predicted octanol–water partition coefficient (Wildman–Crippen LogP) is 0.512. The van der Waals surface area contributed by atoms with Gasteiger partial charge in [0.1, 0.15) is 11.6 Å². The summed E-state index contributed by atoms with van der Waals surface area (Å²) in [5, 5.41) is 0. The summed E-state index contributed by atoms with van der Waals surface area (Å²) in [6, 6.07) is 0. The molecule has 0 radical (unpaired) electrons. The van der Waals surface area contributed by atoms with Crippen molar-refractivity contribution < 1.29 is 9.59 Å². The predicted molar refractivity (Wildman–Crippen MR) is 42.6 cm³/mol. The third-order valence-corrected chi connectivity index (χ3v) is 5.82. The molecule has 0 aromatic rings. The summed E-state index contributed by atoms with van der Waals surface area (Å²) < 4.78 is 0. The minimum Gasteiger partial charge on any atom is -0.299 e. The molecule has 5 saturated carbocycles. The van der Waals surface area contributed by atoms with Crippen LogP contribution in [0, 0.1) is 47.3 Å². The minimum absolute atomic E-state index is 0.211. The number of rotatable bonds is 0. The molecule has 0 amide bonds. The van der Waals surface area contributed by atoms with Gasteiger partial charge < -0.3 is 0 Å². The summed E-state index contributed by atoms with van der Waals surface area (Å²) in [7, 11) is 0. The summed E-state index contributed by atoms with van der Waals surface area (Å²) in [6.45, 7) is 0. The van der Waals surface area contributed by atoms with Crippen molar-refractivity contribution in [1.82, 2.24) is 0 Å². The SMILES string of the molecule is O=C1[C@@H]2[C@@H]3C[C@@H]4[C@H]2C(=O)[C@H]2[C@@H]1[C@H]3[C@H]42. The number of carbonyl (C=O) groups excluding carboxylic acids is 2. The Hall–Kier alpha value is -0.660. The van der Waals surface area contributed by atoms with Crippen molar-refractivity contribution >= 4 is 11.6 Å². The van der Waals surface area contributed by atoms with Gasteiger partial charge in [0.05, 0.1) is 0 Å². The first-order valence-corrected chi connectivity index (χ1v) is 5.38. The fraction of sp³-hybridized carbons (Fsp3) is 0.818. The topological polar surface area (TPSA) is 34.1 Å². The lowest BCUT2D eigenvalue weighted by atomic mass is 9.59. The summed E-state index contributed by atoms with van der Waals surface area (Å²) in [6.07, 6.45) is 1.22. The van der Waals surface area contributed by atoms with Gasteiger partial charge in [-0.25, -0.2) is 0 Å². The highest BCUT2D eigenvalue weighted by atomic mass is 16.1. The number of hydrogen-bond acceptors (Lipinski definition) is 2. The van der Waals surface area contributed by atoms with E-state index in [0.29, 0.717) is 35.2 Å². The molecule has 0 aliphatic heterocycles. The third-order valence-electron chi connectivity index (χ3n) is 5.82. The van der Waals surface area contributed by atoms with Gasteiger partial charge in [-0.15, -0.1) is 0 Å². The van der Waals surface area contributed by atoms with Crippen molar-refractivity contribution in [3.63, 3.8) is 0 Å². The van der Waals surface area contributed by atoms with Crippen LogP contribution in [0.4, 0.5) is 0 Å². The maximum atomic E-state index is 11.9. The Morgan fingerprint density at radius 2 is 1.23 bits per heavy atom. The van der Waals surface area contributed by atoms with Crippen molar-refractivity contribution in [2.24, 2.45) is 47.3 Å². The Balaban J connectivity index is 1.92. The molecule has 66 valence electrons. The van der Waals surface area contributed by atoms with E-state index in [-0.39, 0.29) is 23.7 Å². The van der Waals surface area contributed by atoms with Gasteiger partial charge in [-0.1, -0.05) is 0 Å². The Morgan fingerprint density at radius 3 is 1.69 bits per heavy atom. The Labute approximate surface area is 75.7 Å². The standard InChI is InChI=1S/C11H10O2/c12-10-6-2-1-3-5-4(2)8(10)9(5)11(13)7(3)6/h2-9H,1H2/t2-,3+,4-,5+,6-,7-,8+,9-/m1/s1. The van der Waals surface area contributed by atoms with Gasteiger partial charge in [0, 0.05) is 23.7 Å². The zero-order chi connectivity index (χ0) is 8.48. The van der Waals surface area contributed by atoms with Crippen LogP contribution >= 0.6 is 0 Å². The van der Waals surface area contributed by atoms with Crippen molar-refractivity contribution in [3.05, 3.63) is 0 Å². The molecule has 0 unspecified atom stereocenters. The normalized spacial score (nSPS) is 74.2. The summed E-state index contributed by atoms with van der Waals surface area (Å²) in [4.78, 5) is 23.8. The van der Waals surface area contributed by atoms with Gasteiger partial charge in [-0.2, -0.15) is 0 Å². The fourth-order valence-corrected chi connectivity index (χ4v) is 5.80. The lowest BCUT2D eigenvalue weighted by molar-refractivity contribution is -0.145. The van der Waals surface area contributed by atoms with E-state index in [0.717, 1.165) is 0 Å². The first kappa shape index (κ1) is 5.94. The van der Waals surface area contributed by atoms with E-state index in [4.69, 9.17) is 0 Å². The van der Waals surface area contributed by atoms with Crippen LogP contribution in [0.5, 0.6) is 0 Å². The lowest BCUT2D eigenvalue weighted by Gasteiger charge is -2.42. The van der Waals surface area contributed by atoms with Crippen LogP contribution in [-0.2, 0) is 9.59 Å². The van der Waals surface area contributed by atoms with Crippen LogP contribution in [0.1, 0.15) is 6.42 Å². The van der Waals surface area contributed by atoms with Crippen molar-refractivity contribution in [3.8, 4) is 0 Å². The molecule has 5 rings (SSSR count). The zero-order valence-corrected chi connectivity index (χ0v) is 7.14. The highest BCUT2D eigenvalue weighted by Crippen LogP contribution is 2.80. The number of ketones is 2. The van der Waals surface area contributed by atoms with E-state index in [2.05, 4.69) is 0 Å². The number of hydrogen-bond donors (Lipinski definition) is 0. The molecule has 2 bridgehead atoms. The molecule has 13 heavy (non-hydrogen) atoms. The Bertz CT molecular complexity index is 346. The maximum Gasteiger partial charge on any atom is 0.141 e. The van der Waals surface area contributed by atoms with Crippen LogP contribution in [0.25, 0.3) is 0 Å². The fourth-order valence-electron chi connectivity index (χ4n) is 5.80. The number of carbonyl (C=O) groups is 2. The van der Waals surface area contributed by atoms with Crippen LogP contribution in [0.2, 0.25) is 0 Å². The molecule has 5 aliphatic carbocycles. The van der Waals surface area contributed by atoms with Crippen LogP contribution in [-0.4, -0.2) is 11.6 Å². The van der Waals surface area contributed by atoms with Crippen LogP contribution in [0.3, 0.4) is 0 Å². The molecular weight excluding hydrogens is 164 g/mol. The van der Waals surface area contributed by atoms with E-state index in [9.17, 15) is 9.59 Å². The second-order valence-corrected chi connectivity index (χ2v) is 5.63. The van der Waals surface area contributed by atoms with E-state index in [1.54, 1.807) is 0 Å². The smallest absolute Gasteiger partial charge is 0.141 e. The molecule has 8 atom stereocenters. The van der Waals surface area contributed by atoms with E-state index in [1.807, 2.05) is 0 Å². The largest absolute Gasteiger partial charge is 0.299 e. The minimum atomic E-state index is 0.211. The van der Waals surface area contributed by atoms with E-state index < -0.39 is 0 Å². The number of Topliss-reactive ketones (excluding diaryl/α,β-unsaturated/α-hetero) is 2. The molecule has 5 fully saturated rings. The molecule has 0 saturated heterocycles. The third kappa shape index (κ3) is 0.323. The van der Waals surface area contributed by atoms with Gasteiger partial charge in [-0.05, 0) is 30.1 Å². The average Bonchev–Trinajstić information content (AvgIpc) is 2.52. The van der Waals surface area contributed by atoms with Gasteiger partial charge in [0.2, 0.25) is 0 Å². The molecule has 0 aromatic heterocycles. The monoisotopic (exact) mass is 174 g/mol. The first-order chi connectivity index (χ1) is 6.30. The molecule has 2 nitrogen and oxygen atoms in total. The van der Waals surface area contributed by atoms with Crippen LogP contribution in [0.15, 0.2) is 0 Å². The van der Waals surface area contributed by atoms with E-state index in [1.165, 1.54) is 6.42 Å². The van der Waals surface area contributed by atoms with E-state index >= 15 is 0 Å². The Kier molecular flexibility index (Phi) is 0.602. The molecule has 0 heterocycles. The highest BCUT2D eigenvalue weighted by molar-refractivity contribution is 6.06. The van der Waals surface area contributed by atoms with Gasteiger partial charge in [0.15, 0.2) is 0 Å². The zero-order valence-electron chi connectivity index (χ0n) is 7.14. The molecule has 0 spiro atoms. The molecule has 0 aromatic carbocycles. The summed E-state index contributed by atoms with van der Waals surface area (Å²) in [5.41, 5.74) is 0. The Morgan fingerprint density at radius 1 is 0.769 bits per heavy atom. The van der Waals surface area contributed by atoms with Crippen molar-refractivity contribution in [2.45, 2.75) is 6.42 Å². The van der Waals surface area contributed by atoms with Crippen molar-refractivity contribution in [1.29, 1.82) is 0 Å². The lowest BCUT2D eigenvalue weighted by Crippen LogP contribution is -2.47. The van der Waals surface area contributed by atoms with Gasteiger partial charge in [-0.3, -0.25) is 9.59 Å². The quantitative estimate of drug-likeness (QED) is 0.536. The average molecular weight is 174 g/mol. The molecule has 2 heteroatoms. The molecular formula is C11H10O2.